The second-order valence-corrected chi connectivity index (χ2v) is 8.39. The smallest absolute Gasteiger partial charge is 0.261 e. The minimum Gasteiger partial charge on any atom is -0.303 e. The second-order valence-electron chi connectivity index (χ2n) is 7.61. The molecule has 150 valence electrons. The van der Waals surface area contributed by atoms with Crippen LogP contribution in [0.2, 0.25) is 0 Å². The van der Waals surface area contributed by atoms with Gasteiger partial charge in [0.05, 0.1) is 5.56 Å². The first kappa shape index (κ1) is 19.7. The Labute approximate surface area is 176 Å². The predicted octanol–water partition coefficient (Wildman–Crippen LogP) is 4.14. The van der Waals surface area contributed by atoms with Crippen LogP contribution in [-0.4, -0.2) is 46.5 Å². The Morgan fingerprint density at radius 2 is 1.97 bits per heavy atom. The van der Waals surface area contributed by atoms with Gasteiger partial charge in [0, 0.05) is 43.4 Å². The fourth-order valence-electron chi connectivity index (χ4n) is 4.07. The molecule has 2 atom stereocenters. The Kier molecular flexibility index (Phi) is 6.32. The zero-order valence-corrected chi connectivity index (χ0v) is 17.5. The molecule has 0 saturated carbocycles. The van der Waals surface area contributed by atoms with Crippen LogP contribution in [0.15, 0.2) is 65.6 Å². The van der Waals surface area contributed by atoms with E-state index in [1.807, 2.05) is 21.7 Å². The van der Waals surface area contributed by atoms with Crippen molar-refractivity contribution in [2.24, 2.45) is 5.92 Å². The van der Waals surface area contributed by atoms with E-state index in [-0.39, 0.29) is 11.9 Å². The summed E-state index contributed by atoms with van der Waals surface area (Å²) in [6.07, 6.45) is 5.38. The van der Waals surface area contributed by atoms with Gasteiger partial charge in [-0.05, 0) is 41.8 Å². The summed E-state index contributed by atoms with van der Waals surface area (Å²) in [5, 5.41) is 3.84. The molecule has 0 radical (unpaired) electrons. The number of likely N-dealkylation sites (tertiary alicyclic amines) is 1. The molecule has 1 saturated heterocycles. The van der Waals surface area contributed by atoms with Crippen LogP contribution in [0.5, 0.6) is 0 Å². The van der Waals surface area contributed by atoms with Crippen molar-refractivity contribution < 1.29 is 4.79 Å². The number of piperidine rings is 1. The van der Waals surface area contributed by atoms with Crippen molar-refractivity contribution in [3.63, 3.8) is 0 Å². The highest BCUT2D eigenvalue weighted by molar-refractivity contribution is 7.08. The number of hydrogen-bond donors (Lipinski definition) is 0. The van der Waals surface area contributed by atoms with Crippen LogP contribution >= 0.6 is 11.3 Å². The monoisotopic (exact) mass is 406 g/mol. The van der Waals surface area contributed by atoms with Gasteiger partial charge in [0.25, 0.3) is 5.91 Å². The molecule has 1 aliphatic rings. The van der Waals surface area contributed by atoms with Gasteiger partial charge >= 0.3 is 0 Å². The molecule has 29 heavy (non-hydrogen) atoms. The third-order valence-corrected chi connectivity index (χ3v) is 6.27. The van der Waals surface area contributed by atoms with Gasteiger partial charge < -0.3 is 4.90 Å². The minimum absolute atomic E-state index is 0.00737. The maximum absolute atomic E-state index is 13.3. The lowest BCUT2D eigenvalue weighted by Gasteiger charge is -2.41. The number of rotatable bonds is 6. The third kappa shape index (κ3) is 4.71. The first-order valence-corrected chi connectivity index (χ1v) is 11.1. The van der Waals surface area contributed by atoms with Gasteiger partial charge in [0.15, 0.2) is 0 Å². The zero-order chi connectivity index (χ0) is 20.1. The molecular weight excluding hydrogens is 380 g/mol. The molecule has 1 amide bonds. The number of aromatic nitrogens is 2. The number of anilines is 1. The van der Waals surface area contributed by atoms with E-state index in [9.17, 15) is 4.79 Å². The van der Waals surface area contributed by atoms with E-state index >= 15 is 0 Å². The Balaban J connectivity index is 1.47. The minimum atomic E-state index is -0.00737. The Morgan fingerprint density at radius 3 is 2.66 bits per heavy atom. The first-order chi connectivity index (χ1) is 14.2. The molecule has 1 aromatic carbocycles. The van der Waals surface area contributed by atoms with E-state index in [4.69, 9.17) is 0 Å². The summed E-state index contributed by atoms with van der Waals surface area (Å²) < 4.78 is 0. The maximum atomic E-state index is 13.3. The highest BCUT2D eigenvalue weighted by Crippen LogP contribution is 2.27. The molecule has 2 aromatic heterocycles. The van der Waals surface area contributed by atoms with Crippen molar-refractivity contribution in [2.75, 3.05) is 24.5 Å². The van der Waals surface area contributed by atoms with Crippen molar-refractivity contribution in [1.82, 2.24) is 14.9 Å². The summed E-state index contributed by atoms with van der Waals surface area (Å²) in [7, 11) is 0. The number of carbonyl (C=O) groups excluding carboxylic acids is 1. The fraction of sp³-hybridized carbons (Fsp3) is 0.348. The van der Waals surface area contributed by atoms with Crippen LogP contribution in [0, 0.1) is 5.92 Å². The topological polar surface area (TPSA) is 49.3 Å². The van der Waals surface area contributed by atoms with Crippen molar-refractivity contribution >= 4 is 23.2 Å². The quantitative estimate of drug-likeness (QED) is 0.617. The van der Waals surface area contributed by atoms with Gasteiger partial charge in [-0.15, -0.1) is 0 Å². The van der Waals surface area contributed by atoms with Crippen LogP contribution in [0.3, 0.4) is 0 Å². The summed E-state index contributed by atoms with van der Waals surface area (Å²) in [6.45, 7) is 5.22. The van der Waals surface area contributed by atoms with Crippen LogP contribution in [0.4, 0.5) is 5.95 Å². The van der Waals surface area contributed by atoms with Crippen molar-refractivity contribution in [2.45, 2.75) is 25.8 Å². The van der Waals surface area contributed by atoms with E-state index in [0.717, 1.165) is 32.5 Å². The summed E-state index contributed by atoms with van der Waals surface area (Å²) in [5.74, 6) is 0.830. The molecular formula is C23H26N4OS. The van der Waals surface area contributed by atoms with Crippen LogP contribution in [-0.2, 0) is 6.42 Å². The number of thiophene rings is 1. The van der Waals surface area contributed by atoms with Gasteiger partial charge in [0.1, 0.15) is 0 Å². The average molecular weight is 407 g/mol. The molecule has 1 aliphatic heterocycles. The summed E-state index contributed by atoms with van der Waals surface area (Å²) in [4.78, 5) is 26.4. The van der Waals surface area contributed by atoms with Crippen LogP contribution < -0.4 is 4.90 Å². The molecule has 0 N–H and O–H groups in total. The third-order valence-electron chi connectivity index (χ3n) is 5.59. The number of nitrogens with zero attached hydrogens (tertiary/aromatic N) is 4. The molecule has 3 aromatic rings. The molecule has 6 heteroatoms. The Hall–Kier alpha value is -2.57. The van der Waals surface area contributed by atoms with E-state index in [0.29, 0.717) is 17.4 Å². The molecule has 0 bridgehead atoms. The largest absolute Gasteiger partial charge is 0.303 e. The standard InChI is InChI=1S/C23H26N4OS/c1-18-16-26(13-8-19-6-3-2-4-7-19)14-9-21(18)27(23-24-11-5-12-25-23)22(28)20-10-15-29-17-20/h2-7,10-12,15,17-18,21H,8-9,13-14,16H2,1H3/t18-,21-/m0/s1. The molecule has 0 aliphatic carbocycles. The molecule has 4 rings (SSSR count). The predicted molar refractivity (Wildman–Crippen MR) is 117 cm³/mol. The highest BCUT2D eigenvalue weighted by Gasteiger charge is 2.35. The van der Waals surface area contributed by atoms with Gasteiger partial charge in [-0.1, -0.05) is 37.3 Å². The van der Waals surface area contributed by atoms with Gasteiger partial charge in [-0.25, -0.2) is 9.97 Å². The van der Waals surface area contributed by atoms with E-state index in [1.54, 1.807) is 18.5 Å². The highest BCUT2D eigenvalue weighted by atomic mass is 32.1. The van der Waals surface area contributed by atoms with Crippen molar-refractivity contribution in [1.29, 1.82) is 0 Å². The van der Waals surface area contributed by atoms with E-state index in [1.165, 1.54) is 16.9 Å². The summed E-state index contributed by atoms with van der Waals surface area (Å²) in [5.41, 5.74) is 2.08. The summed E-state index contributed by atoms with van der Waals surface area (Å²) >= 11 is 1.54. The number of hydrogen-bond acceptors (Lipinski definition) is 5. The van der Waals surface area contributed by atoms with E-state index in [2.05, 4.69) is 52.1 Å². The second kappa shape index (κ2) is 9.29. The normalized spacial score (nSPS) is 19.8. The van der Waals surface area contributed by atoms with E-state index < -0.39 is 0 Å². The molecule has 5 nitrogen and oxygen atoms in total. The lowest BCUT2D eigenvalue weighted by molar-refractivity contribution is 0.0930. The van der Waals surface area contributed by atoms with Gasteiger partial charge in [-0.2, -0.15) is 11.3 Å². The van der Waals surface area contributed by atoms with Gasteiger partial charge in [-0.3, -0.25) is 9.69 Å². The fourth-order valence-corrected chi connectivity index (χ4v) is 4.70. The molecule has 3 heterocycles. The van der Waals surface area contributed by atoms with Crippen molar-refractivity contribution in [3.05, 3.63) is 76.7 Å². The number of benzene rings is 1. The average Bonchev–Trinajstić information content (AvgIpc) is 3.30. The molecule has 0 spiro atoms. The Morgan fingerprint density at radius 1 is 1.17 bits per heavy atom. The SMILES string of the molecule is C[C@H]1CN(CCc2ccccc2)CC[C@@H]1N(C(=O)c1ccsc1)c1ncccn1. The zero-order valence-electron chi connectivity index (χ0n) is 16.6. The number of amides is 1. The number of carbonyl (C=O) groups is 1. The Bertz CT molecular complexity index is 901. The van der Waals surface area contributed by atoms with Crippen LogP contribution in [0.25, 0.3) is 0 Å². The lowest BCUT2D eigenvalue weighted by atomic mass is 9.91. The molecule has 0 unspecified atom stereocenters. The first-order valence-electron chi connectivity index (χ1n) is 10.1. The molecule has 1 fully saturated rings. The van der Waals surface area contributed by atoms with Crippen molar-refractivity contribution in [3.8, 4) is 0 Å². The lowest BCUT2D eigenvalue weighted by Crippen LogP contribution is -2.53. The summed E-state index contributed by atoms with van der Waals surface area (Å²) in [6, 6.07) is 14.4. The van der Waals surface area contributed by atoms with Gasteiger partial charge in [0.2, 0.25) is 5.95 Å². The van der Waals surface area contributed by atoms with Crippen LogP contribution in [0.1, 0.15) is 29.3 Å². The maximum Gasteiger partial charge on any atom is 0.261 e.